The zero-order valence-corrected chi connectivity index (χ0v) is 16.3. The Morgan fingerprint density at radius 3 is 2.69 bits per heavy atom. The number of rotatable bonds is 5. The van der Waals surface area contributed by atoms with Crippen molar-refractivity contribution >= 4 is 29.9 Å². The Morgan fingerprint density at radius 2 is 2.00 bits per heavy atom. The average molecular weight is 395 g/mol. The molecule has 2 atom stereocenters. The van der Waals surface area contributed by atoms with Crippen LogP contribution >= 0.6 is 24.0 Å². The summed E-state index contributed by atoms with van der Waals surface area (Å²) in [4.78, 5) is 12.1. The molecule has 1 amide bonds. The molecule has 2 N–H and O–H groups in total. The molecule has 0 spiro atoms. The third-order valence-electron chi connectivity index (χ3n) is 4.53. The number of hydrogen-bond donors (Lipinski definition) is 2. The maximum absolute atomic E-state index is 12.1. The van der Waals surface area contributed by atoms with Crippen LogP contribution in [0.3, 0.4) is 0 Å². The molecule has 6 heteroatoms. The lowest BCUT2D eigenvalue weighted by Crippen LogP contribution is -2.49. The van der Waals surface area contributed by atoms with Gasteiger partial charge in [0, 0.05) is 6.04 Å². The van der Waals surface area contributed by atoms with Crippen LogP contribution in [0.15, 0.2) is 48.5 Å². The first kappa shape index (κ1) is 20.6. The fraction of sp³-hybridized carbons (Fsp3) is 0.350. The zero-order valence-electron chi connectivity index (χ0n) is 14.7. The minimum absolute atomic E-state index is 0. The normalized spacial score (nSPS) is 19.3. The van der Waals surface area contributed by atoms with Crippen LogP contribution in [0.2, 0.25) is 5.02 Å². The highest BCUT2D eigenvalue weighted by Gasteiger charge is 2.22. The van der Waals surface area contributed by atoms with Crippen molar-refractivity contribution in [1.82, 2.24) is 10.6 Å². The van der Waals surface area contributed by atoms with Gasteiger partial charge >= 0.3 is 0 Å². The molecule has 0 aromatic heterocycles. The van der Waals surface area contributed by atoms with Gasteiger partial charge in [0.1, 0.15) is 5.75 Å². The third-order valence-corrected chi connectivity index (χ3v) is 4.82. The van der Waals surface area contributed by atoms with Gasteiger partial charge in [0.2, 0.25) is 0 Å². The van der Waals surface area contributed by atoms with E-state index in [-0.39, 0.29) is 31.0 Å². The van der Waals surface area contributed by atoms with Crippen molar-refractivity contribution in [2.75, 3.05) is 19.7 Å². The van der Waals surface area contributed by atoms with Crippen molar-refractivity contribution in [2.45, 2.75) is 19.4 Å². The average Bonchev–Trinajstić information content (AvgIpc) is 2.63. The molecule has 2 unspecified atom stereocenters. The number of ether oxygens (including phenoxy) is 1. The summed E-state index contributed by atoms with van der Waals surface area (Å²) in [5.74, 6) is 0.836. The summed E-state index contributed by atoms with van der Waals surface area (Å²) >= 11 is 6.31. The van der Waals surface area contributed by atoms with E-state index >= 15 is 0 Å². The SMILES string of the molecule is CC1CNCCC1NC(=O)COc1ccc(-c2ccccc2)cc1Cl.Cl. The van der Waals surface area contributed by atoms with E-state index in [2.05, 4.69) is 17.6 Å². The zero-order chi connectivity index (χ0) is 17.6. The van der Waals surface area contributed by atoms with Gasteiger partial charge in [-0.3, -0.25) is 4.79 Å². The molecule has 26 heavy (non-hydrogen) atoms. The smallest absolute Gasteiger partial charge is 0.258 e. The quantitative estimate of drug-likeness (QED) is 0.807. The summed E-state index contributed by atoms with van der Waals surface area (Å²) in [6, 6.07) is 15.8. The molecule has 0 saturated carbocycles. The second kappa shape index (κ2) is 9.81. The molecule has 2 aromatic carbocycles. The van der Waals surface area contributed by atoms with E-state index in [1.54, 1.807) is 0 Å². The van der Waals surface area contributed by atoms with E-state index in [0.717, 1.165) is 30.6 Å². The van der Waals surface area contributed by atoms with Crippen LogP contribution in [0.5, 0.6) is 5.75 Å². The predicted octanol–water partition coefficient (Wildman–Crippen LogP) is 3.92. The number of carbonyl (C=O) groups is 1. The maximum Gasteiger partial charge on any atom is 0.258 e. The molecule has 4 nitrogen and oxygen atoms in total. The molecule has 3 rings (SSSR count). The van der Waals surface area contributed by atoms with E-state index in [1.807, 2.05) is 48.5 Å². The van der Waals surface area contributed by atoms with Crippen molar-refractivity contribution in [1.29, 1.82) is 0 Å². The van der Waals surface area contributed by atoms with Gasteiger partial charge < -0.3 is 15.4 Å². The van der Waals surface area contributed by atoms with Crippen molar-refractivity contribution in [2.24, 2.45) is 5.92 Å². The summed E-state index contributed by atoms with van der Waals surface area (Å²) < 4.78 is 5.61. The molecule has 1 saturated heterocycles. The number of benzene rings is 2. The molecular weight excluding hydrogens is 371 g/mol. The lowest BCUT2D eigenvalue weighted by molar-refractivity contribution is -0.124. The molecule has 0 aliphatic carbocycles. The summed E-state index contributed by atoms with van der Waals surface area (Å²) in [6.45, 7) is 3.97. The Morgan fingerprint density at radius 1 is 1.23 bits per heavy atom. The molecule has 1 aliphatic rings. The Labute approximate surface area is 165 Å². The van der Waals surface area contributed by atoms with Gasteiger partial charge in [-0.05, 0) is 48.7 Å². The summed E-state index contributed by atoms with van der Waals surface area (Å²) in [5.41, 5.74) is 2.11. The lowest BCUT2D eigenvalue weighted by atomic mass is 9.95. The van der Waals surface area contributed by atoms with Crippen LogP contribution < -0.4 is 15.4 Å². The number of hydrogen-bond acceptors (Lipinski definition) is 3. The van der Waals surface area contributed by atoms with Gasteiger partial charge in [-0.25, -0.2) is 0 Å². The molecule has 0 bridgehead atoms. The predicted molar refractivity (Wildman–Crippen MR) is 108 cm³/mol. The van der Waals surface area contributed by atoms with Crippen LogP contribution in [-0.4, -0.2) is 31.6 Å². The fourth-order valence-electron chi connectivity index (χ4n) is 3.05. The third kappa shape index (κ3) is 5.37. The largest absolute Gasteiger partial charge is 0.482 e. The van der Waals surface area contributed by atoms with E-state index in [1.165, 1.54) is 0 Å². The van der Waals surface area contributed by atoms with E-state index in [4.69, 9.17) is 16.3 Å². The maximum atomic E-state index is 12.1. The van der Waals surface area contributed by atoms with Crippen LogP contribution in [0, 0.1) is 5.92 Å². The van der Waals surface area contributed by atoms with Crippen LogP contribution in [0.25, 0.3) is 11.1 Å². The van der Waals surface area contributed by atoms with E-state index in [9.17, 15) is 4.79 Å². The Hall–Kier alpha value is -1.75. The summed E-state index contributed by atoms with van der Waals surface area (Å²) in [6.07, 6.45) is 0.944. The molecule has 1 fully saturated rings. The monoisotopic (exact) mass is 394 g/mol. The summed E-state index contributed by atoms with van der Waals surface area (Å²) in [5, 5.41) is 6.87. The molecule has 2 aromatic rings. The Kier molecular flexibility index (Phi) is 7.76. The topological polar surface area (TPSA) is 50.4 Å². The number of halogens is 2. The van der Waals surface area contributed by atoms with Gasteiger partial charge in [0.25, 0.3) is 5.91 Å². The van der Waals surface area contributed by atoms with Crippen molar-refractivity contribution in [3.63, 3.8) is 0 Å². The van der Waals surface area contributed by atoms with Crippen molar-refractivity contribution < 1.29 is 9.53 Å². The second-order valence-corrected chi connectivity index (χ2v) is 6.85. The minimum Gasteiger partial charge on any atom is -0.482 e. The van der Waals surface area contributed by atoms with Gasteiger partial charge in [-0.2, -0.15) is 0 Å². The van der Waals surface area contributed by atoms with Crippen molar-refractivity contribution in [3.8, 4) is 16.9 Å². The lowest BCUT2D eigenvalue weighted by Gasteiger charge is -2.30. The highest BCUT2D eigenvalue weighted by molar-refractivity contribution is 6.32. The fourth-order valence-corrected chi connectivity index (χ4v) is 3.28. The number of nitrogens with one attached hydrogen (secondary N) is 2. The Bertz CT molecular complexity index is 725. The first-order valence-corrected chi connectivity index (χ1v) is 8.99. The van der Waals surface area contributed by atoms with E-state index in [0.29, 0.717) is 16.7 Å². The van der Waals surface area contributed by atoms with Crippen LogP contribution in [0.1, 0.15) is 13.3 Å². The van der Waals surface area contributed by atoms with E-state index < -0.39 is 0 Å². The molecule has 1 aliphatic heterocycles. The van der Waals surface area contributed by atoms with Gasteiger partial charge in [-0.1, -0.05) is 54.9 Å². The van der Waals surface area contributed by atoms with Gasteiger partial charge in [0.15, 0.2) is 6.61 Å². The number of amides is 1. The van der Waals surface area contributed by atoms with Gasteiger partial charge in [0.05, 0.1) is 5.02 Å². The molecule has 0 radical (unpaired) electrons. The molecular formula is C20H24Cl2N2O2. The summed E-state index contributed by atoms with van der Waals surface area (Å²) in [7, 11) is 0. The Balaban J connectivity index is 0.00000243. The van der Waals surface area contributed by atoms with Crippen molar-refractivity contribution in [3.05, 3.63) is 53.6 Å². The minimum atomic E-state index is -0.109. The number of piperidine rings is 1. The highest BCUT2D eigenvalue weighted by atomic mass is 35.5. The van der Waals surface area contributed by atoms with Crippen LogP contribution in [-0.2, 0) is 4.79 Å². The first-order valence-electron chi connectivity index (χ1n) is 8.61. The van der Waals surface area contributed by atoms with Crippen LogP contribution in [0.4, 0.5) is 0 Å². The molecule has 140 valence electrons. The standard InChI is InChI=1S/C20H23ClN2O2.ClH/c1-14-12-22-10-9-18(14)23-20(24)13-25-19-8-7-16(11-17(19)21)15-5-3-2-4-6-15;/h2-8,11,14,18,22H,9-10,12-13H2,1H3,(H,23,24);1H. The molecule has 1 heterocycles. The second-order valence-electron chi connectivity index (χ2n) is 6.44. The van der Waals surface area contributed by atoms with Gasteiger partial charge in [-0.15, -0.1) is 12.4 Å². The highest BCUT2D eigenvalue weighted by Crippen LogP contribution is 2.30. The number of carbonyl (C=O) groups excluding carboxylic acids is 1. The first-order chi connectivity index (χ1) is 12.1.